The Kier molecular flexibility index (Phi) is 6.25. The average molecular weight is 438 g/mol. The molecule has 9 nitrogen and oxygen atoms in total. The van der Waals surface area contributed by atoms with Gasteiger partial charge in [-0.15, -0.1) is 0 Å². The van der Waals surface area contributed by atoms with E-state index in [-0.39, 0.29) is 23.7 Å². The number of benzene rings is 2. The van der Waals surface area contributed by atoms with Crippen LogP contribution in [0.1, 0.15) is 45.2 Å². The summed E-state index contributed by atoms with van der Waals surface area (Å²) in [6.45, 7) is 1.90. The zero-order chi connectivity index (χ0) is 23.8. The van der Waals surface area contributed by atoms with Crippen LogP contribution in [0.5, 0.6) is 0 Å². The lowest BCUT2D eigenvalue weighted by Crippen LogP contribution is -2.46. The highest BCUT2D eigenvalue weighted by Gasteiger charge is 2.47. The van der Waals surface area contributed by atoms with Crippen molar-refractivity contribution in [2.75, 3.05) is 28.2 Å². The third-order valence-electron chi connectivity index (χ3n) is 5.81. The smallest absolute Gasteiger partial charge is 0.253 e. The summed E-state index contributed by atoms with van der Waals surface area (Å²) in [7, 11) is 6.81. The first-order valence-corrected chi connectivity index (χ1v) is 10.3. The molecule has 0 unspecified atom stereocenters. The molecule has 2 amide bonds. The van der Waals surface area contributed by atoms with E-state index in [9.17, 15) is 9.59 Å². The van der Waals surface area contributed by atoms with Crippen LogP contribution in [0, 0.1) is 0 Å². The molecule has 0 spiro atoms. The molecule has 32 heavy (non-hydrogen) atoms. The van der Waals surface area contributed by atoms with Crippen LogP contribution in [0.2, 0.25) is 0 Å². The van der Waals surface area contributed by atoms with E-state index >= 15 is 0 Å². The first kappa shape index (κ1) is 23.2. The second-order valence-corrected chi connectivity index (χ2v) is 8.63. The Morgan fingerprint density at radius 2 is 1.41 bits per heavy atom. The fourth-order valence-corrected chi connectivity index (χ4v) is 4.45. The quantitative estimate of drug-likeness (QED) is 0.228. The second-order valence-electron chi connectivity index (χ2n) is 8.63. The Labute approximate surface area is 188 Å². The Morgan fingerprint density at radius 3 is 1.75 bits per heavy atom. The summed E-state index contributed by atoms with van der Waals surface area (Å²) in [5, 5.41) is 4.12. The van der Waals surface area contributed by atoms with Gasteiger partial charge in [0.15, 0.2) is 0 Å². The molecule has 0 saturated carbocycles. The molecule has 2 aromatic rings. The minimum Gasteiger partial charge on any atom is -0.385 e. The van der Waals surface area contributed by atoms with Crippen LogP contribution in [-0.2, 0) is 5.41 Å². The highest BCUT2D eigenvalue weighted by Crippen LogP contribution is 2.52. The summed E-state index contributed by atoms with van der Waals surface area (Å²) in [6.07, 6.45) is 0.464. The van der Waals surface area contributed by atoms with Gasteiger partial charge in [-0.1, -0.05) is 12.1 Å². The van der Waals surface area contributed by atoms with Crippen LogP contribution in [-0.4, -0.2) is 61.7 Å². The van der Waals surface area contributed by atoms with E-state index in [0.717, 1.165) is 22.3 Å². The van der Waals surface area contributed by atoms with E-state index in [0.29, 0.717) is 17.5 Å². The molecule has 0 fully saturated rings. The number of nitrogens with two attached hydrogens (primary N) is 3. The predicted octanol–water partition coefficient (Wildman–Crippen LogP) is 0.830. The normalized spacial score (nSPS) is 14.9. The van der Waals surface area contributed by atoms with E-state index in [4.69, 9.17) is 17.3 Å². The number of nitrogens with one attached hydrogen (secondary N) is 1. The average Bonchev–Trinajstić information content (AvgIpc) is 3.01. The van der Waals surface area contributed by atoms with E-state index in [1.165, 1.54) is 9.80 Å². The van der Waals surface area contributed by atoms with E-state index in [1.807, 2.05) is 31.2 Å². The summed E-state index contributed by atoms with van der Waals surface area (Å²) in [5.41, 5.74) is 18.6. The molecule has 0 heterocycles. The van der Waals surface area contributed by atoms with Gasteiger partial charge in [0.2, 0.25) is 0 Å². The number of carbonyl (C=O) groups excluding carboxylic acids is 2. The lowest BCUT2D eigenvalue weighted by molar-refractivity contribution is 0.0820. The van der Waals surface area contributed by atoms with Crippen molar-refractivity contribution in [1.82, 2.24) is 15.3 Å². The molecule has 9 heteroatoms. The van der Waals surface area contributed by atoms with E-state index < -0.39 is 5.41 Å². The lowest BCUT2D eigenvalue weighted by atomic mass is 9.72. The summed E-state index contributed by atoms with van der Waals surface area (Å²) in [4.78, 5) is 28.4. The molecule has 0 aromatic heterocycles. The number of hydrazine groups is 1. The largest absolute Gasteiger partial charge is 0.385 e. The van der Waals surface area contributed by atoms with Gasteiger partial charge in [-0.25, -0.2) is 11.4 Å². The Morgan fingerprint density at radius 1 is 0.969 bits per heavy atom. The number of amidine groups is 1. The van der Waals surface area contributed by atoms with Gasteiger partial charge in [-0.05, 0) is 59.9 Å². The number of nitrogens with zero attached hydrogens (tertiary/aromatic N) is 3. The van der Waals surface area contributed by atoms with Gasteiger partial charge >= 0.3 is 0 Å². The highest BCUT2D eigenvalue weighted by atomic mass is 16.2. The number of hydrogen-bond donors (Lipinski definition) is 4. The maximum atomic E-state index is 12.7. The number of fused-ring (bicyclic) bond motifs is 3. The molecule has 2 aromatic carbocycles. The fraction of sp³-hybridized carbons (Fsp3) is 0.348. The first-order chi connectivity index (χ1) is 15.0. The molecule has 3 rings (SSSR count). The van der Waals surface area contributed by atoms with E-state index in [2.05, 4.69) is 10.6 Å². The molecule has 1 atom stereocenters. The summed E-state index contributed by atoms with van der Waals surface area (Å²) in [6, 6.07) is 10.8. The SMILES string of the molecule is C[C@H](N)CC1(/C(N)=N/NN)c2ccc(C(=O)N(C)C)cc2-c2cc(C(=O)N(C)C)ccc21. The topological polar surface area (TPSA) is 143 Å². The van der Waals surface area contributed by atoms with Crippen LogP contribution < -0.4 is 22.8 Å². The number of hydrazone groups is 1. The van der Waals surface area contributed by atoms with Crippen LogP contribution in [0.15, 0.2) is 41.5 Å². The zero-order valence-corrected chi connectivity index (χ0v) is 19.1. The number of hydrogen-bond acceptors (Lipinski definition) is 6. The van der Waals surface area contributed by atoms with E-state index in [1.54, 1.807) is 40.3 Å². The van der Waals surface area contributed by atoms with Gasteiger partial charge in [-0.2, -0.15) is 5.10 Å². The Bertz CT molecular complexity index is 1020. The second kappa shape index (κ2) is 8.60. The molecule has 0 radical (unpaired) electrons. The van der Waals surface area contributed by atoms with Gasteiger partial charge in [0.05, 0.1) is 5.41 Å². The third-order valence-corrected chi connectivity index (χ3v) is 5.81. The van der Waals surface area contributed by atoms with Gasteiger partial charge < -0.3 is 21.3 Å². The molecule has 1 aliphatic carbocycles. The van der Waals surface area contributed by atoms with Crippen molar-refractivity contribution in [2.24, 2.45) is 22.4 Å². The van der Waals surface area contributed by atoms with Crippen molar-refractivity contribution in [3.8, 4) is 11.1 Å². The summed E-state index contributed by atoms with van der Waals surface area (Å²) < 4.78 is 0. The lowest BCUT2D eigenvalue weighted by Gasteiger charge is -2.33. The standard InChI is InChI=1S/C23H31N7O2/c1-13(24)12-23(22(25)27-28-26)18-8-6-14(20(31)29(2)3)10-16(18)17-11-15(7-9-19(17)23)21(32)30(4)5/h6-11,13,28H,12,24,26H2,1-5H3,(H2,25,27)/t13-/m0/s1. The van der Waals surface area contributed by atoms with Crippen LogP contribution in [0.4, 0.5) is 0 Å². The minimum atomic E-state index is -0.857. The van der Waals surface area contributed by atoms with Crippen molar-refractivity contribution < 1.29 is 9.59 Å². The predicted molar refractivity (Wildman–Crippen MR) is 126 cm³/mol. The third kappa shape index (κ3) is 3.69. The highest BCUT2D eigenvalue weighted by molar-refractivity contribution is 6.06. The van der Waals surface area contributed by atoms with Crippen LogP contribution in [0.3, 0.4) is 0 Å². The first-order valence-electron chi connectivity index (χ1n) is 10.3. The van der Waals surface area contributed by atoms with Crippen molar-refractivity contribution in [3.05, 3.63) is 58.7 Å². The molecule has 7 N–H and O–H groups in total. The van der Waals surface area contributed by atoms with Crippen molar-refractivity contribution in [2.45, 2.75) is 24.8 Å². The Hall–Kier alpha value is -3.43. The number of rotatable bonds is 6. The van der Waals surface area contributed by atoms with Gasteiger partial charge in [0, 0.05) is 45.4 Å². The van der Waals surface area contributed by atoms with Gasteiger partial charge in [0.1, 0.15) is 5.84 Å². The molecular weight excluding hydrogens is 406 g/mol. The fourth-order valence-electron chi connectivity index (χ4n) is 4.45. The molecule has 1 aliphatic rings. The maximum absolute atomic E-state index is 12.7. The van der Waals surface area contributed by atoms with Gasteiger partial charge in [-0.3, -0.25) is 9.59 Å². The van der Waals surface area contributed by atoms with Crippen molar-refractivity contribution in [3.63, 3.8) is 0 Å². The molecule has 0 aliphatic heterocycles. The number of carbonyl (C=O) groups is 2. The summed E-state index contributed by atoms with van der Waals surface area (Å²) in [5.74, 6) is 5.49. The van der Waals surface area contributed by atoms with Crippen LogP contribution >= 0.6 is 0 Å². The van der Waals surface area contributed by atoms with Crippen LogP contribution in [0.25, 0.3) is 11.1 Å². The monoisotopic (exact) mass is 437 g/mol. The summed E-state index contributed by atoms with van der Waals surface area (Å²) >= 11 is 0. The minimum absolute atomic E-state index is 0.121. The molecule has 0 bridgehead atoms. The number of amides is 2. The molecule has 0 saturated heterocycles. The maximum Gasteiger partial charge on any atom is 0.253 e. The van der Waals surface area contributed by atoms with Crippen molar-refractivity contribution in [1.29, 1.82) is 0 Å². The molecular formula is C23H31N7O2. The Balaban J connectivity index is 2.38. The van der Waals surface area contributed by atoms with Crippen molar-refractivity contribution >= 4 is 17.6 Å². The van der Waals surface area contributed by atoms with Gasteiger partial charge in [0.25, 0.3) is 11.8 Å². The zero-order valence-electron chi connectivity index (χ0n) is 19.1. The molecule has 170 valence electrons.